The van der Waals surface area contributed by atoms with Crippen molar-refractivity contribution < 1.29 is 33.6 Å². The Morgan fingerprint density at radius 2 is 1.50 bits per heavy atom. The Bertz CT molecular complexity index is 944. The fourth-order valence-corrected chi connectivity index (χ4v) is 3.00. The number of aromatic carboxylic acids is 1. The molecule has 0 spiro atoms. The van der Waals surface area contributed by atoms with Crippen molar-refractivity contribution in [2.24, 2.45) is 0 Å². The van der Waals surface area contributed by atoms with Crippen molar-refractivity contribution in [2.75, 3.05) is 14.2 Å². The molecule has 0 saturated carbocycles. The van der Waals surface area contributed by atoms with Gasteiger partial charge in [-0.05, 0) is 38.5 Å². The number of esters is 1. The fourth-order valence-electron chi connectivity index (χ4n) is 3.00. The second kappa shape index (κ2) is 6.25. The molecule has 26 heavy (non-hydrogen) atoms. The van der Waals surface area contributed by atoms with Crippen LogP contribution in [0, 0.1) is 20.8 Å². The molecule has 7 heteroatoms. The van der Waals surface area contributed by atoms with Gasteiger partial charge in [-0.1, -0.05) is 0 Å². The van der Waals surface area contributed by atoms with Gasteiger partial charge in [0.05, 0.1) is 14.2 Å². The van der Waals surface area contributed by atoms with Crippen molar-refractivity contribution in [1.82, 2.24) is 0 Å². The Labute approximate surface area is 150 Å². The van der Waals surface area contributed by atoms with E-state index in [1.807, 2.05) is 0 Å². The van der Waals surface area contributed by atoms with Crippen LogP contribution in [0.3, 0.4) is 0 Å². The van der Waals surface area contributed by atoms with Crippen LogP contribution in [0.15, 0.2) is 12.1 Å². The fraction of sp³-hybridized carbons (Fsp3) is 0.263. The number of benzene rings is 2. The lowest BCUT2D eigenvalue weighted by Gasteiger charge is -2.16. The Morgan fingerprint density at radius 1 is 0.923 bits per heavy atom. The summed E-state index contributed by atoms with van der Waals surface area (Å²) in [7, 11) is 2.92. The van der Waals surface area contributed by atoms with Gasteiger partial charge in [0, 0.05) is 11.1 Å². The van der Waals surface area contributed by atoms with Gasteiger partial charge in [-0.25, -0.2) is 9.59 Å². The van der Waals surface area contributed by atoms with Crippen molar-refractivity contribution in [3.05, 3.63) is 39.9 Å². The lowest BCUT2D eigenvalue weighted by Crippen LogP contribution is -2.11. The van der Waals surface area contributed by atoms with E-state index >= 15 is 0 Å². The number of carboxylic acids is 1. The van der Waals surface area contributed by atoms with Gasteiger partial charge in [0.2, 0.25) is 0 Å². The summed E-state index contributed by atoms with van der Waals surface area (Å²) in [4.78, 5) is 24.5. The van der Waals surface area contributed by atoms with E-state index in [2.05, 4.69) is 0 Å². The number of hydrogen-bond acceptors (Lipinski definition) is 6. The molecule has 0 amide bonds. The van der Waals surface area contributed by atoms with Gasteiger partial charge in [0.1, 0.15) is 28.4 Å². The van der Waals surface area contributed by atoms with Gasteiger partial charge in [0.15, 0.2) is 11.5 Å². The highest BCUT2D eigenvalue weighted by atomic mass is 16.6. The number of carbonyl (C=O) groups is 2. The van der Waals surface area contributed by atoms with Gasteiger partial charge in [0.25, 0.3) is 0 Å². The number of methoxy groups -OCH3 is 2. The molecule has 1 aliphatic heterocycles. The van der Waals surface area contributed by atoms with Crippen LogP contribution < -0.4 is 18.9 Å². The smallest absolute Gasteiger partial charge is 0.347 e. The molecule has 0 atom stereocenters. The SMILES string of the molecule is COc1cc(C(=O)O)c2c(c1C)OC(=O)c1c(C)cc(OC)c(C)c1O2. The molecule has 7 nitrogen and oxygen atoms in total. The maximum absolute atomic E-state index is 12.7. The number of aryl methyl sites for hydroxylation is 1. The van der Waals surface area contributed by atoms with Gasteiger partial charge in [-0.15, -0.1) is 0 Å². The molecule has 1 aliphatic rings. The summed E-state index contributed by atoms with van der Waals surface area (Å²) in [6.07, 6.45) is 0. The van der Waals surface area contributed by atoms with E-state index in [1.165, 1.54) is 20.3 Å². The molecule has 2 aromatic rings. The van der Waals surface area contributed by atoms with Gasteiger partial charge >= 0.3 is 11.9 Å². The summed E-state index contributed by atoms with van der Waals surface area (Å²) in [6.45, 7) is 5.12. The van der Waals surface area contributed by atoms with Crippen LogP contribution in [0.4, 0.5) is 0 Å². The molecule has 136 valence electrons. The van der Waals surface area contributed by atoms with Crippen LogP contribution in [0.25, 0.3) is 0 Å². The second-order valence-corrected chi connectivity index (χ2v) is 5.93. The lowest BCUT2D eigenvalue weighted by molar-refractivity contribution is 0.0685. The minimum atomic E-state index is -1.23. The Morgan fingerprint density at radius 3 is 2.08 bits per heavy atom. The van der Waals surface area contributed by atoms with Crippen LogP contribution in [-0.2, 0) is 0 Å². The zero-order valence-electron chi connectivity index (χ0n) is 15.1. The van der Waals surface area contributed by atoms with E-state index < -0.39 is 11.9 Å². The number of carboxylic acid groups (broad SMARTS) is 1. The minimum Gasteiger partial charge on any atom is -0.496 e. The molecule has 0 fully saturated rings. The summed E-state index contributed by atoms with van der Waals surface area (Å²) in [5.41, 5.74) is 1.71. The van der Waals surface area contributed by atoms with E-state index in [0.717, 1.165) is 0 Å². The van der Waals surface area contributed by atoms with E-state index in [0.29, 0.717) is 22.4 Å². The first-order valence-electron chi connectivity index (χ1n) is 7.83. The quantitative estimate of drug-likeness (QED) is 0.661. The summed E-state index contributed by atoms with van der Waals surface area (Å²) in [6, 6.07) is 3.05. The summed E-state index contributed by atoms with van der Waals surface area (Å²) in [5.74, 6) is -0.836. The van der Waals surface area contributed by atoms with E-state index in [9.17, 15) is 14.7 Å². The van der Waals surface area contributed by atoms with E-state index in [-0.39, 0.29) is 34.1 Å². The zero-order valence-corrected chi connectivity index (χ0v) is 15.1. The molecule has 0 unspecified atom stereocenters. The molecule has 2 aromatic carbocycles. The van der Waals surface area contributed by atoms with Crippen LogP contribution >= 0.6 is 0 Å². The molecule has 1 N–H and O–H groups in total. The first kappa shape index (κ1) is 17.6. The zero-order chi connectivity index (χ0) is 19.2. The van der Waals surface area contributed by atoms with Crippen LogP contribution in [-0.4, -0.2) is 31.3 Å². The third kappa shape index (κ3) is 2.52. The van der Waals surface area contributed by atoms with Crippen molar-refractivity contribution in [1.29, 1.82) is 0 Å². The Kier molecular flexibility index (Phi) is 4.23. The third-order valence-corrected chi connectivity index (χ3v) is 4.39. The van der Waals surface area contributed by atoms with Crippen molar-refractivity contribution in [3.63, 3.8) is 0 Å². The third-order valence-electron chi connectivity index (χ3n) is 4.39. The van der Waals surface area contributed by atoms with E-state index in [1.54, 1.807) is 26.8 Å². The standard InChI is InChI=1S/C19H18O7/c1-8-6-12(23-4)9(2)15-14(8)19(22)26-16-10(3)13(24-5)7-11(18(20)21)17(16)25-15/h6-7H,1-5H3,(H,20,21). The highest BCUT2D eigenvalue weighted by Crippen LogP contribution is 2.48. The number of carbonyl (C=O) groups excluding carboxylic acids is 1. The Balaban J connectivity index is 2.36. The number of fused-ring (bicyclic) bond motifs is 2. The number of rotatable bonds is 3. The molecule has 0 radical (unpaired) electrons. The summed E-state index contributed by atoms with van der Waals surface area (Å²) in [5, 5.41) is 9.58. The van der Waals surface area contributed by atoms with Crippen LogP contribution in [0.5, 0.6) is 28.7 Å². The molecular formula is C19H18O7. The molecule has 3 rings (SSSR count). The average Bonchev–Trinajstić information content (AvgIpc) is 2.75. The first-order chi connectivity index (χ1) is 12.3. The topological polar surface area (TPSA) is 91.3 Å². The molecule has 0 aliphatic carbocycles. The van der Waals surface area contributed by atoms with Crippen molar-refractivity contribution >= 4 is 11.9 Å². The van der Waals surface area contributed by atoms with Crippen LogP contribution in [0.2, 0.25) is 0 Å². The predicted molar refractivity (Wildman–Crippen MR) is 92.2 cm³/mol. The number of hydrogen-bond donors (Lipinski definition) is 1. The van der Waals surface area contributed by atoms with Crippen molar-refractivity contribution in [2.45, 2.75) is 20.8 Å². The minimum absolute atomic E-state index is 0.0284. The molecular weight excluding hydrogens is 340 g/mol. The summed E-state index contributed by atoms with van der Waals surface area (Å²) >= 11 is 0. The van der Waals surface area contributed by atoms with Crippen molar-refractivity contribution in [3.8, 4) is 28.7 Å². The van der Waals surface area contributed by atoms with Gasteiger partial charge in [-0.3, -0.25) is 0 Å². The predicted octanol–water partition coefficient (Wildman–Crippen LogP) is 3.65. The molecule has 0 aromatic heterocycles. The van der Waals surface area contributed by atoms with Gasteiger partial charge < -0.3 is 24.1 Å². The first-order valence-corrected chi connectivity index (χ1v) is 7.83. The lowest BCUT2D eigenvalue weighted by atomic mass is 10.0. The highest BCUT2D eigenvalue weighted by Gasteiger charge is 2.33. The second-order valence-electron chi connectivity index (χ2n) is 5.93. The maximum atomic E-state index is 12.7. The molecule has 0 saturated heterocycles. The van der Waals surface area contributed by atoms with Crippen LogP contribution in [0.1, 0.15) is 37.4 Å². The highest BCUT2D eigenvalue weighted by molar-refractivity contribution is 6.00. The monoisotopic (exact) mass is 358 g/mol. The Hall–Kier alpha value is -3.22. The maximum Gasteiger partial charge on any atom is 0.347 e. The molecule has 0 bridgehead atoms. The van der Waals surface area contributed by atoms with E-state index in [4.69, 9.17) is 18.9 Å². The summed E-state index contributed by atoms with van der Waals surface area (Å²) < 4.78 is 22.0. The average molecular weight is 358 g/mol. The molecule has 1 heterocycles. The normalized spacial score (nSPS) is 12.3. The largest absolute Gasteiger partial charge is 0.496 e. The van der Waals surface area contributed by atoms with Gasteiger partial charge in [-0.2, -0.15) is 0 Å². The number of ether oxygens (including phenoxy) is 4.